The Morgan fingerprint density at radius 1 is 1.03 bits per heavy atom. The zero-order chi connectivity index (χ0) is 21.3. The summed E-state index contributed by atoms with van der Waals surface area (Å²) in [5.41, 5.74) is 2.09. The molecule has 0 radical (unpaired) electrons. The molecule has 1 aromatic heterocycles. The second-order valence-corrected chi connectivity index (χ2v) is 7.50. The van der Waals surface area contributed by atoms with Crippen molar-refractivity contribution in [1.82, 2.24) is 9.88 Å². The van der Waals surface area contributed by atoms with Crippen LogP contribution in [0.3, 0.4) is 0 Å². The summed E-state index contributed by atoms with van der Waals surface area (Å²) in [6.45, 7) is 2.10. The molecular weight excluding hydrogens is 397 g/mol. The van der Waals surface area contributed by atoms with Crippen LogP contribution >= 0.6 is 0 Å². The van der Waals surface area contributed by atoms with Crippen molar-refractivity contribution < 1.29 is 22.8 Å². The second kappa shape index (κ2) is 7.97. The average molecular weight is 418 g/mol. The smallest absolute Gasteiger partial charge is 0.376 e. The minimum Gasteiger partial charge on any atom is -0.376 e. The van der Waals surface area contributed by atoms with E-state index in [0.717, 1.165) is 29.1 Å². The first kappa shape index (κ1) is 20.2. The van der Waals surface area contributed by atoms with Gasteiger partial charge in [0.05, 0.1) is 12.1 Å². The van der Waals surface area contributed by atoms with Gasteiger partial charge in [-0.1, -0.05) is 6.07 Å². The number of pyridine rings is 1. The summed E-state index contributed by atoms with van der Waals surface area (Å²) in [7, 11) is 0. The predicted octanol–water partition coefficient (Wildman–Crippen LogP) is 2.53. The molecule has 1 aliphatic carbocycles. The molecule has 1 aromatic carbocycles. The van der Waals surface area contributed by atoms with Gasteiger partial charge < -0.3 is 15.1 Å². The fourth-order valence-corrected chi connectivity index (χ4v) is 3.78. The van der Waals surface area contributed by atoms with Gasteiger partial charge in [0.2, 0.25) is 5.91 Å². The maximum atomic E-state index is 12.7. The standard InChI is InChI=1S/C21H21F3N4O2/c22-21(23,24)16-2-4-19(26-12-16)27-5-7-28(8-6-27)20(30)13-25-17-3-1-14-10-18(29)11-15(14)9-17/h1-4,9,12,25H,5-8,10-11,13H2. The van der Waals surface area contributed by atoms with Crippen LogP contribution in [0, 0.1) is 0 Å². The summed E-state index contributed by atoms with van der Waals surface area (Å²) in [4.78, 5) is 31.6. The molecule has 2 aromatic rings. The van der Waals surface area contributed by atoms with E-state index >= 15 is 0 Å². The van der Waals surface area contributed by atoms with E-state index in [9.17, 15) is 22.8 Å². The quantitative estimate of drug-likeness (QED) is 0.827. The van der Waals surface area contributed by atoms with E-state index < -0.39 is 11.7 Å². The Hall–Kier alpha value is -3.10. The molecule has 1 N–H and O–H groups in total. The molecule has 0 saturated carbocycles. The van der Waals surface area contributed by atoms with Crippen molar-refractivity contribution in [2.75, 3.05) is 42.9 Å². The Morgan fingerprint density at radius 3 is 2.43 bits per heavy atom. The van der Waals surface area contributed by atoms with Gasteiger partial charge in [0.15, 0.2) is 0 Å². The molecule has 1 fully saturated rings. The summed E-state index contributed by atoms with van der Waals surface area (Å²) in [6, 6.07) is 8.10. The first-order valence-electron chi connectivity index (χ1n) is 9.73. The van der Waals surface area contributed by atoms with E-state index in [2.05, 4.69) is 10.3 Å². The van der Waals surface area contributed by atoms with Gasteiger partial charge in [-0.3, -0.25) is 9.59 Å². The molecule has 4 rings (SSSR count). The van der Waals surface area contributed by atoms with Crippen LogP contribution in [0.25, 0.3) is 0 Å². The third-order valence-electron chi connectivity index (χ3n) is 5.46. The molecule has 0 unspecified atom stereocenters. The number of hydrogen-bond acceptors (Lipinski definition) is 5. The van der Waals surface area contributed by atoms with E-state index in [0.29, 0.717) is 44.8 Å². The summed E-state index contributed by atoms with van der Waals surface area (Å²) in [5.74, 6) is 0.631. The van der Waals surface area contributed by atoms with Crippen LogP contribution in [-0.4, -0.2) is 54.3 Å². The van der Waals surface area contributed by atoms with E-state index in [1.807, 2.05) is 23.1 Å². The highest BCUT2D eigenvalue weighted by molar-refractivity contribution is 5.88. The van der Waals surface area contributed by atoms with Crippen LogP contribution in [0.15, 0.2) is 36.5 Å². The first-order valence-corrected chi connectivity index (χ1v) is 9.73. The Balaban J connectivity index is 1.27. The van der Waals surface area contributed by atoms with Gasteiger partial charge in [-0.25, -0.2) is 4.98 Å². The lowest BCUT2D eigenvalue weighted by atomic mass is 10.1. The van der Waals surface area contributed by atoms with Crippen molar-refractivity contribution in [2.24, 2.45) is 0 Å². The maximum Gasteiger partial charge on any atom is 0.417 e. The topological polar surface area (TPSA) is 65.5 Å². The van der Waals surface area contributed by atoms with E-state index in [1.54, 1.807) is 4.90 Å². The normalized spacial score (nSPS) is 16.6. The molecule has 1 aliphatic heterocycles. The molecule has 9 heteroatoms. The molecule has 2 heterocycles. The largest absolute Gasteiger partial charge is 0.417 e. The van der Waals surface area contributed by atoms with Gasteiger partial charge in [0, 0.05) is 50.9 Å². The lowest BCUT2D eigenvalue weighted by Gasteiger charge is -2.35. The van der Waals surface area contributed by atoms with Crippen molar-refractivity contribution in [2.45, 2.75) is 19.0 Å². The van der Waals surface area contributed by atoms with E-state index in [-0.39, 0.29) is 18.2 Å². The Labute approximate surface area is 171 Å². The number of carbonyl (C=O) groups excluding carboxylic acids is 2. The molecule has 30 heavy (non-hydrogen) atoms. The lowest BCUT2D eigenvalue weighted by Crippen LogP contribution is -2.50. The molecular formula is C21H21F3N4O2. The molecule has 158 valence electrons. The summed E-state index contributed by atoms with van der Waals surface area (Å²) in [6.07, 6.45) is -2.65. The number of rotatable bonds is 4. The molecule has 0 atom stereocenters. The zero-order valence-corrected chi connectivity index (χ0v) is 16.2. The van der Waals surface area contributed by atoms with Crippen molar-refractivity contribution in [3.8, 4) is 0 Å². The van der Waals surface area contributed by atoms with Crippen LogP contribution in [0.4, 0.5) is 24.7 Å². The summed E-state index contributed by atoms with van der Waals surface area (Å²) < 4.78 is 38.0. The number of piperazine rings is 1. The zero-order valence-electron chi connectivity index (χ0n) is 16.2. The number of benzene rings is 1. The fraction of sp³-hybridized carbons (Fsp3) is 0.381. The minimum atomic E-state index is -4.40. The molecule has 2 aliphatic rings. The van der Waals surface area contributed by atoms with Crippen molar-refractivity contribution in [1.29, 1.82) is 0 Å². The van der Waals surface area contributed by atoms with Gasteiger partial charge in [-0.05, 0) is 35.4 Å². The number of nitrogens with one attached hydrogen (secondary N) is 1. The number of alkyl halides is 3. The SMILES string of the molecule is O=C1Cc2ccc(NCC(=O)N3CCN(c4ccc(C(F)(F)F)cn4)CC3)cc2C1. The highest BCUT2D eigenvalue weighted by Crippen LogP contribution is 2.29. The van der Waals surface area contributed by atoms with Crippen molar-refractivity contribution in [3.63, 3.8) is 0 Å². The van der Waals surface area contributed by atoms with Gasteiger partial charge in [0.25, 0.3) is 0 Å². The number of anilines is 2. The highest BCUT2D eigenvalue weighted by atomic mass is 19.4. The van der Waals surface area contributed by atoms with Gasteiger partial charge in [0.1, 0.15) is 11.6 Å². The summed E-state index contributed by atoms with van der Waals surface area (Å²) >= 11 is 0. The number of hydrogen-bond donors (Lipinski definition) is 1. The average Bonchev–Trinajstić information content (AvgIpc) is 3.11. The molecule has 1 amide bonds. The third kappa shape index (κ3) is 4.39. The van der Waals surface area contributed by atoms with Crippen molar-refractivity contribution >= 4 is 23.2 Å². The Kier molecular flexibility index (Phi) is 5.36. The van der Waals surface area contributed by atoms with Crippen LogP contribution in [0.2, 0.25) is 0 Å². The fourth-order valence-electron chi connectivity index (χ4n) is 3.78. The Morgan fingerprint density at radius 2 is 1.77 bits per heavy atom. The maximum absolute atomic E-state index is 12.7. The van der Waals surface area contributed by atoms with E-state index in [1.165, 1.54) is 6.07 Å². The Bertz CT molecular complexity index is 952. The van der Waals surface area contributed by atoms with Gasteiger partial charge in [-0.15, -0.1) is 0 Å². The molecule has 0 spiro atoms. The predicted molar refractivity (Wildman–Crippen MR) is 105 cm³/mol. The monoisotopic (exact) mass is 418 g/mol. The number of aromatic nitrogens is 1. The van der Waals surface area contributed by atoms with Crippen LogP contribution in [-0.2, 0) is 28.6 Å². The molecule has 0 bridgehead atoms. The first-order chi connectivity index (χ1) is 14.3. The number of ketones is 1. The van der Waals surface area contributed by atoms with Crippen LogP contribution < -0.4 is 10.2 Å². The number of Topliss-reactive ketones (excluding diaryl/α,β-unsaturated/α-hetero) is 1. The number of carbonyl (C=O) groups is 2. The highest BCUT2D eigenvalue weighted by Gasteiger charge is 2.31. The molecule has 1 saturated heterocycles. The second-order valence-electron chi connectivity index (χ2n) is 7.50. The van der Waals surface area contributed by atoms with Crippen LogP contribution in [0.1, 0.15) is 16.7 Å². The van der Waals surface area contributed by atoms with Gasteiger partial charge >= 0.3 is 6.18 Å². The molecule has 6 nitrogen and oxygen atoms in total. The summed E-state index contributed by atoms with van der Waals surface area (Å²) in [5, 5.41) is 3.11. The van der Waals surface area contributed by atoms with Crippen molar-refractivity contribution in [3.05, 3.63) is 53.2 Å². The van der Waals surface area contributed by atoms with Gasteiger partial charge in [-0.2, -0.15) is 13.2 Å². The number of nitrogens with zero attached hydrogens (tertiary/aromatic N) is 3. The minimum absolute atomic E-state index is 0.0494. The van der Waals surface area contributed by atoms with Crippen LogP contribution in [0.5, 0.6) is 0 Å². The number of amides is 1. The number of halogens is 3. The number of fused-ring (bicyclic) bond motifs is 1. The third-order valence-corrected chi connectivity index (χ3v) is 5.46. The lowest BCUT2D eigenvalue weighted by molar-refractivity contribution is -0.137. The van der Waals surface area contributed by atoms with E-state index in [4.69, 9.17) is 0 Å².